The second-order valence-corrected chi connectivity index (χ2v) is 5.02. The van der Waals surface area contributed by atoms with Crippen molar-refractivity contribution < 1.29 is 19.8 Å². The number of allylic oxidation sites excluding steroid dienone is 2. The average molecular weight is 241 g/mol. The predicted octanol–water partition coefficient (Wildman–Crippen LogP) is 0.541. The van der Waals surface area contributed by atoms with Gasteiger partial charge in [-0.2, -0.15) is 0 Å². The molecular weight excluding hydrogens is 222 g/mol. The Bertz CT molecular complexity index is 330. The van der Waals surface area contributed by atoms with E-state index in [9.17, 15) is 14.7 Å². The number of hydrogen-bond donors (Lipinski definition) is 3. The van der Waals surface area contributed by atoms with Gasteiger partial charge >= 0.3 is 5.97 Å². The zero-order chi connectivity index (χ0) is 13.1. The molecule has 0 bridgehead atoms. The summed E-state index contributed by atoms with van der Waals surface area (Å²) in [4.78, 5) is 22.8. The van der Waals surface area contributed by atoms with Crippen LogP contribution < -0.4 is 5.32 Å². The summed E-state index contributed by atoms with van der Waals surface area (Å²) >= 11 is 0. The number of carboxylic acids is 1. The number of aliphatic hydroxyl groups is 1. The highest BCUT2D eigenvalue weighted by Gasteiger charge is 2.34. The van der Waals surface area contributed by atoms with Crippen LogP contribution in [0.3, 0.4) is 0 Å². The van der Waals surface area contributed by atoms with Crippen molar-refractivity contribution in [2.45, 2.75) is 32.3 Å². The Kier molecular flexibility index (Phi) is 4.28. The predicted molar refractivity (Wildman–Crippen MR) is 62.3 cm³/mol. The maximum atomic E-state index is 11.8. The van der Waals surface area contributed by atoms with E-state index in [1.807, 2.05) is 6.08 Å². The van der Waals surface area contributed by atoms with Gasteiger partial charge in [0.15, 0.2) is 0 Å². The van der Waals surface area contributed by atoms with Crippen LogP contribution in [0.15, 0.2) is 12.2 Å². The molecule has 0 aromatic heterocycles. The number of rotatable bonds is 4. The van der Waals surface area contributed by atoms with Crippen LogP contribution in [0.4, 0.5) is 0 Å². The molecule has 1 rings (SSSR count). The van der Waals surface area contributed by atoms with Crippen LogP contribution in [-0.2, 0) is 9.59 Å². The Balaban J connectivity index is 2.60. The van der Waals surface area contributed by atoms with E-state index in [-0.39, 0.29) is 12.5 Å². The summed E-state index contributed by atoms with van der Waals surface area (Å²) in [6.45, 7) is 3.30. The van der Waals surface area contributed by atoms with Gasteiger partial charge in [-0.1, -0.05) is 12.2 Å². The van der Waals surface area contributed by atoms with Gasteiger partial charge in [0.1, 0.15) is 0 Å². The highest BCUT2D eigenvalue weighted by molar-refractivity contribution is 5.85. The topological polar surface area (TPSA) is 86.6 Å². The van der Waals surface area contributed by atoms with Crippen molar-refractivity contribution in [3.63, 3.8) is 0 Å². The van der Waals surface area contributed by atoms with Gasteiger partial charge in [-0.05, 0) is 26.7 Å². The zero-order valence-corrected chi connectivity index (χ0v) is 10.1. The van der Waals surface area contributed by atoms with Crippen LogP contribution >= 0.6 is 0 Å². The molecule has 0 aromatic carbocycles. The van der Waals surface area contributed by atoms with Crippen molar-refractivity contribution in [2.24, 2.45) is 11.8 Å². The largest absolute Gasteiger partial charge is 0.481 e. The highest BCUT2D eigenvalue weighted by Crippen LogP contribution is 2.26. The van der Waals surface area contributed by atoms with E-state index in [1.54, 1.807) is 19.9 Å². The molecule has 0 spiro atoms. The van der Waals surface area contributed by atoms with Gasteiger partial charge in [0.05, 0.1) is 17.4 Å². The van der Waals surface area contributed by atoms with Gasteiger partial charge in [-0.3, -0.25) is 9.59 Å². The van der Waals surface area contributed by atoms with Crippen LogP contribution in [0.5, 0.6) is 0 Å². The molecule has 5 nitrogen and oxygen atoms in total. The first-order valence-electron chi connectivity index (χ1n) is 5.69. The number of carbonyl (C=O) groups excluding carboxylic acids is 1. The van der Waals surface area contributed by atoms with Gasteiger partial charge in [0, 0.05) is 6.54 Å². The molecule has 0 heterocycles. The van der Waals surface area contributed by atoms with Gasteiger partial charge in [0.2, 0.25) is 5.91 Å². The Labute approximate surface area is 101 Å². The lowest BCUT2D eigenvalue weighted by Crippen LogP contribution is -2.44. The van der Waals surface area contributed by atoms with Crippen LogP contribution in [0.2, 0.25) is 0 Å². The lowest BCUT2D eigenvalue weighted by molar-refractivity contribution is -0.147. The second-order valence-electron chi connectivity index (χ2n) is 5.02. The standard InChI is InChI=1S/C12H19NO4/c1-12(2,17)7-13-10(14)8-5-3-4-6-9(8)11(15)16/h3-4,8-9,17H,5-7H2,1-2H3,(H,13,14)(H,15,16). The highest BCUT2D eigenvalue weighted by atomic mass is 16.4. The fraction of sp³-hybridized carbons (Fsp3) is 0.667. The Morgan fingerprint density at radius 2 is 1.82 bits per heavy atom. The van der Waals surface area contributed by atoms with Crippen LogP contribution in [-0.4, -0.2) is 34.2 Å². The molecule has 0 fully saturated rings. The van der Waals surface area contributed by atoms with Crippen molar-refractivity contribution in [3.8, 4) is 0 Å². The minimum Gasteiger partial charge on any atom is -0.481 e. The van der Waals surface area contributed by atoms with E-state index < -0.39 is 23.4 Å². The zero-order valence-electron chi connectivity index (χ0n) is 10.1. The number of carbonyl (C=O) groups is 2. The smallest absolute Gasteiger partial charge is 0.307 e. The van der Waals surface area contributed by atoms with Crippen LogP contribution in [0.25, 0.3) is 0 Å². The van der Waals surface area contributed by atoms with E-state index in [1.165, 1.54) is 0 Å². The van der Waals surface area contributed by atoms with Crippen LogP contribution in [0.1, 0.15) is 26.7 Å². The molecule has 0 saturated heterocycles. The molecule has 2 unspecified atom stereocenters. The number of nitrogens with one attached hydrogen (secondary N) is 1. The molecule has 3 N–H and O–H groups in total. The summed E-state index contributed by atoms with van der Waals surface area (Å²) in [6.07, 6.45) is 4.44. The van der Waals surface area contributed by atoms with Gasteiger partial charge in [0.25, 0.3) is 0 Å². The molecule has 96 valence electrons. The van der Waals surface area contributed by atoms with Crippen molar-refractivity contribution >= 4 is 11.9 Å². The minimum atomic E-state index is -0.987. The molecule has 17 heavy (non-hydrogen) atoms. The second kappa shape index (κ2) is 5.31. The maximum Gasteiger partial charge on any atom is 0.307 e. The molecule has 1 amide bonds. The Morgan fingerprint density at radius 3 is 2.29 bits per heavy atom. The van der Waals surface area contributed by atoms with Crippen molar-refractivity contribution in [3.05, 3.63) is 12.2 Å². The van der Waals surface area contributed by atoms with E-state index in [0.29, 0.717) is 12.8 Å². The number of hydrogen-bond acceptors (Lipinski definition) is 3. The third-order valence-corrected chi connectivity index (χ3v) is 2.78. The van der Waals surface area contributed by atoms with Crippen molar-refractivity contribution in [1.82, 2.24) is 5.32 Å². The van der Waals surface area contributed by atoms with E-state index in [0.717, 1.165) is 0 Å². The molecule has 5 heteroatoms. The molecule has 0 aromatic rings. The monoisotopic (exact) mass is 241 g/mol. The summed E-state index contributed by atoms with van der Waals surface area (Å²) in [5, 5.41) is 21.1. The van der Waals surface area contributed by atoms with E-state index in [4.69, 9.17) is 5.11 Å². The molecule has 0 saturated carbocycles. The molecule has 0 aliphatic heterocycles. The quantitative estimate of drug-likeness (QED) is 0.627. The summed E-state index contributed by atoms with van der Waals surface area (Å²) < 4.78 is 0. The molecule has 1 aliphatic rings. The first-order chi connectivity index (χ1) is 7.81. The molecule has 0 radical (unpaired) electrons. The maximum absolute atomic E-state index is 11.8. The van der Waals surface area contributed by atoms with E-state index in [2.05, 4.69) is 5.32 Å². The Hall–Kier alpha value is -1.36. The fourth-order valence-electron chi connectivity index (χ4n) is 1.81. The summed E-state index contributed by atoms with van der Waals surface area (Å²) in [5.74, 6) is -2.46. The van der Waals surface area contributed by atoms with Gasteiger partial charge in [-0.25, -0.2) is 0 Å². The summed E-state index contributed by atoms with van der Waals surface area (Å²) in [7, 11) is 0. The number of amides is 1. The molecule has 1 aliphatic carbocycles. The summed E-state index contributed by atoms with van der Waals surface area (Å²) in [5.41, 5.74) is -0.987. The van der Waals surface area contributed by atoms with Crippen molar-refractivity contribution in [2.75, 3.05) is 6.54 Å². The number of carboxylic acid groups (broad SMARTS) is 1. The number of aliphatic carboxylic acids is 1. The van der Waals surface area contributed by atoms with Gasteiger partial charge in [-0.15, -0.1) is 0 Å². The van der Waals surface area contributed by atoms with Gasteiger partial charge < -0.3 is 15.5 Å². The average Bonchev–Trinajstić information content (AvgIpc) is 2.25. The minimum absolute atomic E-state index is 0.123. The molecule has 2 atom stereocenters. The lowest BCUT2D eigenvalue weighted by Gasteiger charge is -2.26. The normalized spacial score (nSPS) is 24.4. The third-order valence-electron chi connectivity index (χ3n) is 2.78. The van der Waals surface area contributed by atoms with E-state index >= 15 is 0 Å². The third kappa shape index (κ3) is 4.19. The first kappa shape index (κ1) is 13.7. The SMILES string of the molecule is CC(C)(O)CNC(=O)C1CC=CCC1C(=O)O. The Morgan fingerprint density at radius 1 is 1.29 bits per heavy atom. The first-order valence-corrected chi connectivity index (χ1v) is 5.69. The fourth-order valence-corrected chi connectivity index (χ4v) is 1.81. The van der Waals surface area contributed by atoms with Crippen LogP contribution in [0, 0.1) is 11.8 Å². The lowest BCUT2D eigenvalue weighted by atomic mass is 9.82. The molecular formula is C12H19NO4. The van der Waals surface area contributed by atoms with Crippen molar-refractivity contribution in [1.29, 1.82) is 0 Å². The summed E-state index contributed by atoms with van der Waals surface area (Å²) in [6, 6.07) is 0.